The summed E-state index contributed by atoms with van der Waals surface area (Å²) in [4.78, 5) is 32.4. The van der Waals surface area contributed by atoms with Crippen LogP contribution in [0.15, 0.2) is 18.5 Å². The monoisotopic (exact) mass is 345 g/mol. The fraction of sp³-hybridized carbons (Fsp3) is 0.529. The number of piperidine rings is 1. The van der Waals surface area contributed by atoms with Gasteiger partial charge in [-0.1, -0.05) is 0 Å². The van der Waals surface area contributed by atoms with Crippen LogP contribution < -0.4 is 0 Å². The quantitative estimate of drug-likeness (QED) is 0.830. The van der Waals surface area contributed by atoms with Crippen LogP contribution >= 0.6 is 0 Å². The van der Waals surface area contributed by atoms with Crippen LogP contribution in [0.5, 0.6) is 0 Å². The lowest BCUT2D eigenvalue weighted by molar-refractivity contribution is -0.139. The fourth-order valence-electron chi connectivity index (χ4n) is 3.30. The minimum Gasteiger partial charge on any atom is -0.375 e. The molecule has 0 aliphatic carbocycles. The van der Waals surface area contributed by atoms with Gasteiger partial charge in [0.1, 0.15) is 12.2 Å². The van der Waals surface area contributed by atoms with Crippen LogP contribution in [0.4, 0.5) is 0 Å². The van der Waals surface area contributed by atoms with E-state index in [1.165, 1.54) is 18.2 Å². The van der Waals surface area contributed by atoms with Crippen LogP contribution in [-0.4, -0.2) is 70.6 Å². The van der Waals surface area contributed by atoms with Crippen molar-refractivity contribution in [3.05, 3.63) is 29.7 Å². The van der Waals surface area contributed by atoms with Crippen LogP contribution in [0.25, 0.3) is 5.65 Å². The predicted molar refractivity (Wildman–Crippen MR) is 91.2 cm³/mol. The van der Waals surface area contributed by atoms with E-state index in [-0.39, 0.29) is 24.5 Å². The highest BCUT2D eigenvalue weighted by Crippen LogP contribution is 2.31. The van der Waals surface area contributed by atoms with Gasteiger partial charge in [0.25, 0.3) is 5.91 Å². The van der Waals surface area contributed by atoms with Gasteiger partial charge < -0.3 is 14.5 Å². The van der Waals surface area contributed by atoms with Crippen molar-refractivity contribution in [2.24, 2.45) is 0 Å². The molecular weight excluding hydrogens is 322 g/mol. The van der Waals surface area contributed by atoms with Crippen LogP contribution in [0.2, 0.25) is 0 Å². The fourth-order valence-corrected chi connectivity index (χ4v) is 3.30. The first-order valence-electron chi connectivity index (χ1n) is 8.37. The number of likely N-dealkylation sites (tertiary alicyclic amines) is 1. The number of fused-ring (bicyclic) bond motifs is 1. The van der Waals surface area contributed by atoms with E-state index < -0.39 is 0 Å². The van der Waals surface area contributed by atoms with Crippen LogP contribution in [0, 0.1) is 0 Å². The summed E-state index contributed by atoms with van der Waals surface area (Å²) in [6.45, 7) is 0.760. The number of amides is 2. The molecular formula is C17H23N5O3. The zero-order chi connectivity index (χ0) is 18.0. The molecule has 0 radical (unpaired) electrons. The average Bonchev–Trinajstić information content (AvgIpc) is 3.05. The first kappa shape index (κ1) is 17.3. The molecule has 1 atom stereocenters. The van der Waals surface area contributed by atoms with E-state index in [9.17, 15) is 9.59 Å². The molecule has 0 bridgehead atoms. The Morgan fingerprint density at radius 2 is 2.16 bits per heavy atom. The molecule has 0 aromatic carbocycles. The van der Waals surface area contributed by atoms with Gasteiger partial charge in [0.15, 0.2) is 5.65 Å². The molecule has 2 aromatic heterocycles. The highest BCUT2D eigenvalue weighted by atomic mass is 16.5. The lowest BCUT2D eigenvalue weighted by Gasteiger charge is -2.35. The number of nitrogens with zero attached hydrogens (tertiary/aromatic N) is 5. The number of methoxy groups -OCH3 is 1. The second kappa shape index (κ2) is 7.18. The van der Waals surface area contributed by atoms with Crippen molar-refractivity contribution in [3.8, 4) is 0 Å². The van der Waals surface area contributed by atoms with Crippen LogP contribution in [-0.2, 0) is 9.53 Å². The van der Waals surface area contributed by atoms with Gasteiger partial charge in [0.2, 0.25) is 5.91 Å². The Hall–Kier alpha value is -2.48. The Balaban J connectivity index is 2.02. The first-order valence-corrected chi connectivity index (χ1v) is 8.37. The molecule has 3 rings (SSSR count). The Labute approximate surface area is 146 Å². The lowest BCUT2D eigenvalue weighted by atomic mass is 9.99. The number of hydrogen-bond acceptors (Lipinski definition) is 5. The van der Waals surface area contributed by atoms with E-state index in [1.807, 2.05) is 11.0 Å². The number of carbonyl (C=O) groups excluding carboxylic acids is 2. The minimum atomic E-state index is -0.143. The van der Waals surface area contributed by atoms with Gasteiger partial charge in [-0.3, -0.25) is 9.59 Å². The first-order chi connectivity index (χ1) is 12.0. The largest absolute Gasteiger partial charge is 0.375 e. The summed E-state index contributed by atoms with van der Waals surface area (Å²) in [6, 6.07) is 1.77. The highest BCUT2D eigenvalue weighted by Gasteiger charge is 2.30. The lowest BCUT2D eigenvalue weighted by Crippen LogP contribution is -2.41. The zero-order valence-corrected chi connectivity index (χ0v) is 14.8. The zero-order valence-electron chi connectivity index (χ0n) is 14.8. The number of aromatic nitrogens is 3. The topological polar surface area (TPSA) is 80.0 Å². The maximum absolute atomic E-state index is 12.4. The third-order valence-corrected chi connectivity index (χ3v) is 4.50. The van der Waals surface area contributed by atoms with Crippen molar-refractivity contribution in [3.63, 3.8) is 0 Å². The number of ether oxygens (including phenoxy) is 1. The van der Waals surface area contributed by atoms with Gasteiger partial charge in [-0.2, -0.15) is 5.10 Å². The Bertz CT molecular complexity index is 786. The summed E-state index contributed by atoms with van der Waals surface area (Å²) < 4.78 is 6.69. The summed E-state index contributed by atoms with van der Waals surface area (Å²) >= 11 is 0. The van der Waals surface area contributed by atoms with Gasteiger partial charge in [0.05, 0.1) is 17.9 Å². The third-order valence-electron chi connectivity index (χ3n) is 4.50. The van der Waals surface area contributed by atoms with Crippen molar-refractivity contribution in [2.45, 2.75) is 25.3 Å². The number of carbonyl (C=O) groups is 2. The minimum absolute atomic E-state index is 0.0334. The van der Waals surface area contributed by atoms with E-state index in [0.717, 1.165) is 25.0 Å². The van der Waals surface area contributed by atoms with Crippen molar-refractivity contribution in [1.82, 2.24) is 24.4 Å². The maximum Gasteiger partial charge on any atom is 0.258 e. The summed E-state index contributed by atoms with van der Waals surface area (Å²) in [5, 5.41) is 4.37. The van der Waals surface area contributed by atoms with E-state index in [1.54, 1.807) is 24.8 Å². The van der Waals surface area contributed by atoms with Crippen molar-refractivity contribution in [1.29, 1.82) is 0 Å². The molecule has 0 unspecified atom stereocenters. The predicted octanol–water partition coefficient (Wildman–Crippen LogP) is 1.13. The molecule has 0 N–H and O–H groups in total. The number of rotatable bonds is 4. The van der Waals surface area contributed by atoms with Gasteiger partial charge in [0, 0.05) is 33.9 Å². The molecule has 1 fully saturated rings. The molecule has 0 saturated carbocycles. The molecule has 25 heavy (non-hydrogen) atoms. The summed E-state index contributed by atoms with van der Waals surface area (Å²) in [5.41, 5.74) is 1.84. The highest BCUT2D eigenvalue weighted by molar-refractivity contribution is 5.99. The average molecular weight is 345 g/mol. The molecule has 2 aromatic rings. The smallest absolute Gasteiger partial charge is 0.258 e. The Kier molecular flexibility index (Phi) is 4.98. The summed E-state index contributed by atoms with van der Waals surface area (Å²) in [7, 11) is 4.91. The maximum atomic E-state index is 12.4. The molecule has 1 saturated heterocycles. The van der Waals surface area contributed by atoms with Crippen LogP contribution in [0.1, 0.15) is 41.4 Å². The molecule has 1 aliphatic rings. The summed E-state index contributed by atoms with van der Waals surface area (Å²) in [6.07, 6.45) is 6.08. The van der Waals surface area contributed by atoms with Crippen LogP contribution in [0.3, 0.4) is 0 Å². The number of hydrogen-bond donors (Lipinski definition) is 0. The Morgan fingerprint density at radius 3 is 2.88 bits per heavy atom. The molecule has 8 nitrogen and oxygen atoms in total. The molecule has 0 spiro atoms. The van der Waals surface area contributed by atoms with E-state index in [0.29, 0.717) is 17.8 Å². The second-order valence-corrected chi connectivity index (χ2v) is 6.39. The third kappa shape index (κ3) is 3.21. The van der Waals surface area contributed by atoms with Gasteiger partial charge in [-0.15, -0.1) is 0 Å². The SMILES string of the molecule is COCC(=O)N1CCCC[C@@H]1c1ccnc2c(C(=O)N(C)C)cnn12. The van der Waals surface area contributed by atoms with E-state index in [2.05, 4.69) is 10.1 Å². The van der Waals surface area contributed by atoms with Crippen molar-refractivity contribution < 1.29 is 14.3 Å². The Morgan fingerprint density at radius 1 is 1.36 bits per heavy atom. The summed E-state index contributed by atoms with van der Waals surface area (Å²) in [5.74, 6) is -0.176. The van der Waals surface area contributed by atoms with E-state index in [4.69, 9.17) is 4.74 Å². The normalized spacial score (nSPS) is 17.7. The molecule has 2 amide bonds. The standard InChI is InChI=1S/C17H23N5O3/c1-20(2)17(24)12-10-19-22-14(7-8-18-16(12)22)13-6-4-5-9-21(13)15(23)11-25-3/h7-8,10,13H,4-6,9,11H2,1-3H3/t13-/m1/s1. The van der Waals surface area contributed by atoms with E-state index >= 15 is 0 Å². The van der Waals surface area contributed by atoms with Gasteiger partial charge in [-0.05, 0) is 25.3 Å². The van der Waals surface area contributed by atoms with Crippen molar-refractivity contribution >= 4 is 17.5 Å². The molecule has 134 valence electrons. The van der Waals surface area contributed by atoms with Gasteiger partial charge >= 0.3 is 0 Å². The molecule has 3 heterocycles. The molecule has 8 heteroatoms. The molecule has 1 aliphatic heterocycles. The second-order valence-electron chi connectivity index (χ2n) is 6.39. The van der Waals surface area contributed by atoms with Gasteiger partial charge in [-0.25, -0.2) is 9.50 Å². The van der Waals surface area contributed by atoms with Crippen molar-refractivity contribution in [2.75, 3.05) is 34.4 Å².